The van der Waals surface area contributed by atoms with Gasteiger partial charge in [-0.25, -0.2) is 0 Å². The van der Waals surface area contributed by atoms with Crippen LogP contribution in [0.1, 0.15) is 34.9 Å². The zero-order valence-corrected chi connectivity index (χ0v) is 13.8. The molecule has 0 aliphatic carbocycles. The molecule has 23 heavy (non-hydrogen) atoms. The predicted octanol–water partition coefficient (Wildman–Crippen LogP) is 1.52. The van der Waals surface area contributed by atoms with Gasteiger partial charge >= 0.3 is 0 Å². The molecule has 2 aromatic heterocycles. The highest BCUT2D eigenvalue weighted by Crippen LogP contribution is 2.22. The summed E-state index contributed by atoms with van der Waals surface area (Å²) >= 11 is 0. The van der Waals surface area contributed by atoms with Gasteiger partial charge in [-0.15, -0.1) is 10.2 Å². The lowest BCUT2D eigenvalue weighted by atomic mass is 10.1. The number of amides is 1. The van der Waals surface area contributed by atoms with Crippen LogP contribution in [0.3, 0.4) is 0 Å². The monoisotopic (exact) mass is 314 g/mol. The van der Waals surface area contributed by atoms with Crippen LogP contribution in [0.4, 0.5) is 5.82 Å². The van der Waals surface area contributed by atoms with E-state index in [-0.39, 0.29) is 11.9 Å². The van der Waals surface area contributed by atoms with Crippen LogP contribution in [0, 0.1) is 6.92 Å². The quantitative estimate of drug-likeness (QED) is 0.859. The summed E-state index contributed by atoms with van der Waals surface area (Å²) in [5.41, 5.74) is 1.53. The SMILES string of the molecule is Cc1cnn([C@@H]2CCCN(C(=O)c3ccc(N(C)C)nn3)C2)c1. The molecule has 0 spiro atoms. The van der Waals surface area contributed by atoms with Crippen LogP contribution < -0.4 is 4.90 Å². The van der Waals surface area contributed by atoms with Crippen molar-refractivity contribution in [3.05, 3.63) is 35.8 Å². The van der Waals surface area contributed by atoms with Gasteiger partial charge in [-0.3, -0.25) is 9.48 Å². The van der Waals surface area contributed by atoms with E-state index in [0.29, 0.717) is 12.2 Å². The van der Waals surface area contributed by atoms with Crippen molar-refractivity contribution in [2.24, 2.45) is 0 Å². The van der Waals surface area contributed by atoms with Crippen molar-refractivity contribution in [3.8, 4) is 0 Å². The highest BCUT2D eigenvalue weighted by atomic mass is 16.2. The topological polar surface area (TPSA) is 67.2 Å². The lowest BCUT2D eigenvalue weighted by molar-refractivity contribution is 0.0666. The van der Waals surface area contributed by atoms with Crippen LogP contribution in [-0.2, 0) is 0 Å². The Balaban J connectivity index is 1.71. The first-order chi connectivity index (χ1) is 11.0. The standard InChI is InChI=1S/C16H22N6O/c1-12-9-17-22(10-12)13-5-4-8-21(11-13)16(23)14-6-7-15(19-18-14)20(2)3/h6-7,9-10,13H,4-5,8,11H2,1-3H3/t13-/m1/s1. The van der Waals surface area contributed by atoms with E-state index in [1.54, 1.807) is 6.07 Å². The van der Waals surface area contributed by atoms with Gasteiger partial charge in [-0.1, -0.05) is 0 Å². The van der Waals surface area contributed by atoms with Gasteiger partial charge in [0.15, 0.2) is 11.5 Å². The van der Waals surface area contributed by atoms with Crippen LogP contribution >= 0.6 is 0 Å². The summed E-state index contributed by atoms with van der Waals surface area (Å²) < 4.78 is 1.97. The average Bonchev–Trinajstić information content (AvgIpc) is 3.01. The molecule has 0 N–H and O–H groups in total. The highest BCUT2D eigenvalue weighted by molar-refractivity contribution is 5.92. The molecule has 3 heterocycles. The number of likely N-dealkylation sites (tertiary alicyclic amines) is 1. The summed E-state index contributed by atoms with van der Waals surface area (Å²) in [6.07, 6.45) is 5.89. The van der Waals surface area contributed by atoms with Gasteiger partial charge in [0, 0.05) is 33.4 Å². The molecule has 122 valence electrons. The van der Waals surface area contributed by atoms with E-state index in [9.17, 15) is 4.79 Å². The van der Waals surface area contributed by atoms with E-state index in [1.807, 2.05) is 54.0 Å². The second-order valence-electron chi connectivity index (χ2n) is 6.22. The minimum atomic E-state index is -0.0589. The third kappa shape index (κ3) is 3.33. The second kappa shape index (κ2) is 6.36. The van der Waals surface area contributed by atoms with Gasteiger partial charge in [0.2, 0.25) is 0 Å². The Labute approximate surface area is 135 Å². The maximum absolute atomic E-state index is 12.6. The summed E-state index contributed by atoms with van der Waals surface area (Å²) in [4.78, 5) is 16.4. The Kier molecular flexibility index (Phi) is 4.27. The molecule has 1 aliphatic heterocycles. The van der Waals surface area contributed by atoms with Gasteiger partial charge in [-0.05, 0) is 37.5 Å². The van der Waals surface area contributed by atoms with Crippen molar-refractivity contribution < 1.29 is 4.79 Å². The molecule has 7 nitrogen and oxygen atoms in total. The van der Waals surface area contributed by atoms with Crippen molar-refractivity contribution in [2.75, 3.05) is 32.1 Å². The number of nitrogens with zero attached hydrogens (tertiary/aromatic N) is 6. The largest absolute Gasteiger partial charge is 0.361 e. The number of anilines is 1. The minimum Gasteiger partial charge on any atom is -0.361 e. The summed E-state index contributed by atoms with van der Waals surface area (Å²) in [5.74, 6) is 0.682. The van der Waals surface area contributed by atoms with Crippen LogP contribution in [0.15, 0.2) is 24.5 Å². The zero-order chi connectivity index (χ0) is 16.4. The molecule has 0 radical (unpaired) electrons. The highest BCUT2D eigenvalue weighted by Gasteiger charge is 2.26. The number of aryl methyl sites for hydroxylation is 1. The number of hydrogen-bond donors (Lipinski definition) is 0. The van der Waals surface area contributed by atoms with Crippen LogP contribution in [0.5, 0.6) is 0 Å². The van der Waals surface area contributed by atoms with Gasteiger partial charge in [0.25, 0.3) is 5.91 Å². The number of piperidine rings is 1. The van der Waals surface area contributed by atoms with Crippen LogP contribution in [0.2, 0.25) is 0 Å². The molecule has 0 unspecified atom stereocenters. The fraction of sp³-hybridized carbons (Fsp3) is 0.500. The molecule has 1 amide bonds. The number of carbonyl (C=O) groups excluding carboxylic acids is 1. The van der Waals surface area contributed by atoms with Crippen LogP contribution in [-0.4, -0.2) is 58.0 Å². The maximum atomic E-state index is 12.6. The third-order valence-electron chi connectivity index (χ3n) is 4.12. The fourth-order valence-electron chi connectivity index (χ4n) is 2.83. The predicted molar refractivity (Wildman–Crippen MR) is 87.5 cm³/mol. The number of rotatable bonds is 3. The molecule has 1 aliphatic rings. The van der Waals surface area contributed by atoms with E-state index in [2.05, 4.69) is 15.3 Å². The molecule has 1 atom stereocenters. The van der Waals surface area contributed by atoms with Crippen molar-refractivity contribution in [2.45, 2.75) is 25.8 Å². The second-order valence-corrected chi connectivity index (χ2v) is 6.22. The van der Waals surface area contributed by atoms with Gasteiger partial charge in [0.1, 0.15) is 0 Å². The van der Waals surface area contributed by atoms with Gasteiger partial charge < -0.3 is 9.80 Å². The molecule has 1 fully saturated rings. The number of aromatic nitrogens is 4. The first-order valence-electron chi connectivity index (χ1n) is 7.85. The summed E-state index contributed by atoms with van der Waals surface area (Å²) in [7, 11) is 3.79. The molecule has 0 saturated carbocycles. The smallest absolute Gasteiger partial charge is 0.274 e. The van der Waals surface area contributed by atoms with Crippen molar-refractivity contribution in [1.82, 2.24) is 24.9 Å². The Morgan fingerprint density at radius 3 is 2.74 bits per heavy atom. The molecular formula is C16H22N6O. The molecule has 0 aromatic carbocycles. The van der Waals surface area contributed by atoms with Crippen molar-refractivity contribution in [3.63, 3.8) is 0 Å². The zero-order valence-electron chi connectivity index (χ0n) is 13.8. The normalized spacial score (nSPS) is 18.0. The van der Waals surface area contributed by atoms with E-state index in [0.717, 1.165) is 30.8 Å². The third-order valence-corrected chi connectivity index (χ3v) is 4.12. The lowest BCUT2D eigenvalue weighted by Crippen LogP contribution is -2.41. The van der Waals surface area contributed by atoms with Crippen molar-refractivity contribution >= 4 is 11.7 Å². The summed E-state index contributed by atoms with van der Waals surface area (Å²) in [6.45, 7) is 3.45. The Hall–Kier alpha value is -2.44. The number of hydrogen-bond acceptors (Lipinski definition) is 5. The van der Waals surface area contributed by atoms with Gasteiger partial charge in [0.05, 0.1) is 12.2 Å². The maximum Gasteiger partial charge on any atom is 0.274 e. The average molecular weight is 314 g/mol. The Bertz CT molecular complexity index is 678. The number of carbonyl (C=O) groups is 1. The van der Waals surface area contributed by atoms with E-state index >= 15 is 0 Å². The molecule has 7 heteroatoms. The van der Waals surface area contributed by atoms with Gasteiger partial charge in [-0.2, -0.15) is 5.10 Å². The van der Waals surface area contributed by atoms with E-state index in [1.165, 1.54) is 0 Å². The van der Waals surface area contributed by atoms with Crippen molar-refractivity contribution in [1.29, 1.82) is 0 Å². The lowest BCUT2D eigenvalue weighted by Gasteiger charge is -2.32. The molecule has 3 rings (SSSR count). The summed E-state index contributed by atoms with van der Waals surface area (Å²) in [5, 5.41) is 12.5. The Morgan fingerprint density at radius 1 is 1.30 bits per heavy atom. The van der Waals surface area contributed by atoms with E-state index < -0.39 is 0 Å². The van der Waals surface area contributed by atoms with Crippen LogP contribution in [0.25, 0.3) is 0 Å². The first-order valence-corrected chi connectivity index (χ1v) is 7.85. The Morgan fingerprint density at radius 2 is 2.13 bits per heavy atom. The van der Waals surface area contributed by atoms with E-state index in [4.69, 9.17) is 0 Å². The molecule has 0 bridgehead atoms. The first kappa shape index (κ1) is 15.5. The molecule has 2 aromatic rings. The summed E-state index contributed by atoms with van der Waals surface area (Å²) in [6, 6.07) is 3.79. The molecule has 1 saturated heterocycles. The minimum absolute atomic E-state index is 0.0589. The molecular weight excluding hydrogens is 292 g/mol. The fourth-order valence-corrected chi connectivity index (χ4v) is 2.83.